The normalized spacial score (nSPS) is 12.5. The van der Waals surface area contributed by atoms with Crippen LogP contribution in [0, 0.1) is 6.92 Å². The first-order chi connectivity index (χ1) is 16.3. The fraction of sp³-hybridized carbons (Fsp3) is 0.320. The van der Waals surface area contributed by atoms with Gasteiger partial charge < -0.3 is 14.9 Å². The molecule has 6 nitrogen and oxygen atoms in total. The van der Waals surface area contributed by atoms with Gasteiger partial charge >= 0.3 is 5.97 Å². The maximum Gasteiger partial charge on any atom is 0.323 e. The second-order valence-electron chi connectivity index (χ2n) is 7.70. The fourth-order valence-corrected chi connectivity index (χ4v) is 4.32. The van der Waals surface area contributed by atoms with Gasteiger partial charge in [0.1, 0.15) is 6.54 Å². The number of aliphatic carboxylic acids is 1. The summed E-state index contributed by atoms with van der Waals surface area (Å²) in [6.45, 7) is 4.11. The van der Waals surface area contributed by atoms with Crippen LogP contribution in [0.2, 0.25) is 10.0 Å². The summed E-state index contributed by atoms with van der Waals surface area (Å²) in [6, 6.07) is 14.7. The molecule has 1 fully saturated rings. The molecule has 0 bridgehead atoms. The molecule has 182 valence electrons. The minimum Gasteiger partial charge on any atom is -0.480 e. The summed E-state index contributed by atoms with van der Waals surface area (Å²) in [5.74, 6) is -1.54. The van der Waals surface area contributed by atoms with E-state index in [4.69, 9.17) is 28.3 Å². The van der Waals surface area contributed by atoms with Crippen molar-refractivity contribution in [1.29, 1.82) is 0 Å². The SMILES string of the molecule is CN(CC(=O)O)C(=O)c1ccc(Cl)cc1Cl.Cc1ccccc1.c1csc(N2CCCCC2)n1. The molecule has 0 unspecified atom stereocenters. The first kappa shape index (κ1) is 27.6. The van der Waals surface area contributed by atoms with E-state index in [-0.39, 0.29) is 17.1 Å². The molecule has 34 heavy (non-hydrogen) atoms. The average molecular weight is 522 g/mol. The zero-order chi connectivity index (χ0) is 24.9. The predicted octanol–water partition coefficient (Wildman–Crippen LogP) is 6.28. The van der Waals surface area contributed by atoms with E-state index >= 15 is 0 Å². The van der Waals surface area contributed by atoms with E-state index in [1.165, 1.54) is 68.3 Å². The first-order valence-corrected chi connectivity index (χ1v) is 12.5. The van der Waals surface area contributed by atoms with E-state index in [0.717, 1.165) is 4.90 Å². The smallest absolute Gasteiger partial charge is 0.323 e. The summed E-state index contributed by atoms with van der Waals surface area (Å²) in [4.78, 5) is 29.9. The van der Waals surface area contributed by atoms with Crippen LogP contribution in [0.25, 0.3) is 0 Å². The molecule has 1 aromatic heterocycles. The molecule has 3 aromatic rings. The van der Waals surface area contributed by atoms with Crippen LogP contribution >= 0.6 is 34.5 Å². The number of hydrogen-bond donors (Lipinski definition) is 1. The van der Waals surface area contributed by atoms with Crippen molar-refractivity contribution in [2.24, 2.45) is 0 Å². The summed E-state index contributed by atoms with van der Waals surface area (Å²) in [7, 11) is 1.39. The van der Waals surface area contributed by atoms with E-state index in [2.05, 4.69) is 28.9 Å². The third-order valence-electron chi connectivity index (χ3n) is 4.87. The Balaban J connectivity index is 0.000000195. The van der Waals surface area contributed by atoms with Crippen LogP contribution in [0.15, 0.2) is 60.1 Å². The zero-order valence-electron chi connectivity index (χ0n) is 19.3. The lowest BCUT2D eigenvalue weighted by Gasteiger charge is -2.25. The van der Waals surface area contributed by atoms with Gasteiger partial charge in [-0.2, -0.15) is 0 Å². The van der Waals surface area contributed by atoms with E-state index in [1.54, 1.807) is 11.3 Å². The highest BCUT2D eigenvalue weighted by molar-refractivity contribution is 7.13. The topological polar surface area (TPSA) is 73.7 Å². The second-order valence-corrected chi connectivity index (χ2v) is 9.41. The van der Waals surface area contributed by atoms with Crippen LogP contribution in [0.1, 0.15) is 35.2 Å². The summed E-state index contributed by atoms with van der Waals surface area (Å²) >= 11 is 13.3. The maximum atomic E-state index is 11.7. The Bertz CT molecular complexity index is 1030. The number of halogens is 2. The van der Waals surface area contributed by atoms with E-state index in [0.29, 0.717) is 5.02 Å². The van der Waals surface area contributed by atoms with Gasteiger partial charge in [-0.25, -0.2) is 4.98 Å². The van der Waals surface area contributed by atoms with Crippen molar-refractivity contribution in [1.82, 2.24) is 9.88 Å². The third kappa shape index (κ3) is 9.71. The molecular weight excluding hydrogens is 493 g/mol. The number of aryl methyl sites for hydroxylation is 1. The van der Waals surface area contributed by atoms with Crippen LogP contribution in [-0.4, -0.2) is 53.5 Å². The number of likely N-dealkylation sites (N-methyl/N-ethyl adjacent to an activating group) is 1. The minimum absolute atomic E-state index is 0.203. The van der Waals surface area contributed by atoms with Crippen LogP contribution in [0.5, 0.6) is 0 Å². The Labute approximate surface area is 214 Å². The summed E-state index contributed by atoms with van der Waals surface area (Å²) in [5, 5.41) is 12.4. The largest absolute Gasteiger partial charge is 0.480 e. The van der Waals surface area contributed by atoms with Gasteiger partial charge in [0, 0.05) is 36.7 Å². The number of hydrogen-bond acceptors (Lipinski definition) is 5. The predicted molar refractivity (Wildman–Crippen MR) is 140 cm³/mol. The molecule has 9 heteroatoms. The number of amides is 1. The van der Waals surface area contributed by atoms with Gasteiger partial charge in [0.15, 0.2) is 5.13 Å². The van der Waals surface area contributed by atoms with Gasteiger partial charge in [-0.15, -0.1) is 11.3 Å². The number of aromatic nitrogens is 1. The molecule has 0 saturated carbocycles. The molecule has 4 rings (SSSR count). The molecule has 1 N–H and O–H groups in total. The van der Waals surface area contributed by atoms with Crippen molar-refractivity contribution in [2.45, 2.75) is 26.2 Å². The number of carbonyl (C=O) groups excluding carboxylic acids is 1. The average Bonchev–Trinajstić information content (AvgIpc) is 3.35. The highest BCUT2D eigenvalue weighted by Gasteiger charge is 2.17. The third-order valence-corrected chi connectivity index (χ3v) is 6.25. The zero-order valence-corrected chi connectivity index (χ0v) is 21.6. The Kier molecular flexibility index (Phi) is 11.9. The number of anilines is 1. The molecule has 1 aliphatic rings. The fourth-order valence-electron chi connectivity index (χ4n) is 3.13. The standard InChI is InChI=1S/C10H9Cl2NO3.C8H12N2S.C7H8/c1-13(5-9(14)15)10(16)7-3-2-6(11)4-8(7)12;1-2-5-10(6-3-1)8-9-4-7-11-8;1-7-5-3-2-4-6-7/h2-4H,5H2,1H3,(H,14,15);4,7H,1-3,5-6H2;2-6H,1H3. The van der Waals surface area contributed by atoms with Crippen LogP contribution < -0.4 is 4.90 Å². The van der Waals surface area contributed by atoms with Crippen molar-refractivity contribution in [3.63, 3.8) is 0 Å². The van der Waals surface area contributed by atoms with Crippen molar-refractivity contribution in [3.8, 4) is 0 Å². The molecule has 0 atom stereocenters. The number of carbonyl (C=O) groups is 2. The number of carboxylic acid groups (broad SMARTS) is 1. The van der Waals surface area contributed by atoms with Gasteiger partial charge in [-0.3, -0.25) is 9.59 Å². The van der Waals surface area contributed by atoms with Crippen molar-refractivity contribution >= 4 is 51.5 Å². The van der Waals surface area contributed by atoms with Gasteiger partial charge in [0.2, 0.25) is 0 Å². The summed E-state index contributed by atoms with van der Waals surface area (Å²) in [6.07, 6.45) is 5.94. The first-order valence-electron chi connectivity index (χ1n) is 10.9. The Morgan fingerprint density at radius 3 is 2.26 bits per heavy atom. The molecule has 0 aliphatic carbocycles. The number of piperidine rings is 1. The molecule has 0 radical (unpaired) electrons. The number of benzene rings is 2. The maximum absolute atomic E-state index is 11.7. The molecule has 1 saturated heterocycles. The van der Waals surface area contributed by atoms with E-state index in [1.807, 2.05) is 29.8 Å². The summed E-state index contributed by atoms with van der Waals surface area (Å²) < 4.78 is 0. The number of rotatable bonds is 4. The Morgan fingerprint density at radius 1 is 1.09 bits per heavy atom. The highest BCUT2D eigenvalue weighted by Crippen LogP contribution is 2.22. The molecular formula is C25H29Cl2N3O3S. The molecule has 0 spiro atoms. The number of thiazole rings is 1. The second kappa shape index (κ2) is 14.6. The number of nitrogens with zero attached hydrogens (tertiary/aromatic N) is 3. The van der Waals surface area contributed by atoms with E-state index in [9.17, 15) is 9.59 Å². The van der Waals surface area contributed by atoms with Crippen molar-refractivity contribution in [2.75, 3.05) is 31.6 Å². The van der Waals surface area contributed by atoms with Gasteiger partial charge in [-0.05, 0) is 44.4 Å². The Morgan fingerprint density at radius 2 is 1.76 bits per heavy atom. The minimum atomic E-state index is -1.08. The van der Waals surface area contributed by atoms with Gasteiger partial charge in [0.05, 0.1) is 10.6 Å². The Hall–Kier alpha value is -2.61. The van der Waals surface area contributed by atoms with Crippen LogP contribution in [-0.2, 0) is 4.79 Å². The molecule has 2 aromatic carbocycles. The molecule has 2 heterocycles. The monoisotopic (exact) mass is 521 g/mol. The number of carboxylic acids is 1. The highest BCUT2D eigenvalue weighted by atomic mass is 35.5. The van der Waals surface area contributed by atoms with Crippen LogP contribution in [0.4, 0.5) is 5.13 Å². The quantitative estimate of drug-likeness (QED) is 0.437. The lowest BCUT2D eigenvalue weighted by Crippen LogP contribution is -2.32. The van der Waals surface area contributed by atoms with E-state index < -0.39 is 11.9 Å². The van der Waals surface area contributed by atoms with Gasteiger partial charge in [0.25, 0.3) is 5.91 Å². The van der Waals surface area contributed by atoms with Gasteiger partial charge in [-0.1, -0.05) is 59.1 Å². The lowest BCUT2D eigenvalue weighted by molar-refractivity contribution is -0.137. The molecule has 1 amide bonds. The van der Waals surface area contributed by atoms with Crippen molar-refractivity contribution < 1.29 is 14.7 Å². The lowest BCUT2D eigenvalue weighted by atomic mass is 10.1. The van der Waals surface area contributed by atoms with Crippen LogP contribution in [0.3, 0.4) is 0 Å². The molecule has 1 aliphatic heterocycles. The van der Waals surface area contributed by atoms with Crippen molar-refractivity contribution in [3.05, 3.63) is 81.3 Å². The summed E-state index contributed by atoms with van der Waals surface area (Å²) in [5.41, 5.74) is 1.55.